The summed E-state index contributed by atoms with van der Waals surface area (Å²) in [6.45, 7) is 15.5. The van der Waals surface area contributed by atoms with Gasteiger partial charge in [0.05, 0.1) is 0 Å². The molecule has 0 aliphatic rings. The second-order valence-corrected chi connectivity index (χ2v) is 4.97. The van der Waals surface area contributed by atoms with Crippen molar-refractivity contribution < 1.29 is 20.3 Å². The Morgan fingerprint density at radius 1 is 1.06 bits per heavy atom. The van der Waals surface area contributed by atoms with Crippen molar-refractivity contribution in [2.75, 3.05) is 0 Å². The van der Waals surface area contributed by atoms with E-state index in [4.69, 9.17) is 0 Å². The molecule has 16 heavy (non-hydrogen) atoms. The normalized spacial score (nSPS) is 10.4. The second-order valence-electron chi connectivity index (χ2n) is 4.97. The Labute approximate surface area is 116 Å². The van der Waals surface area contributed by atoms with E-state index in [1.165, 1.54) is 31.4 Å². The zero-order chi connectivity index (χ0) is 11.8. The van der Waals surface area contributed by atoms with Crippen LogP contribution in [-0.2, 0) is 0 Å². The molecular formula is C14H30LiN. The third-order valence-electron chi connectivity index (χ3n) is 2.80. The van der Waals surface area contributed by atoms with Gasteiger partial charge in [-0.2, -0.15) is 0 Å². The maximum atomic E-state index is 4.22. The van der Waals surface area contributed by atoms with Crippen LogP contribution in [0.4, 0.5) is 0 Å². The summed E-state index contributed by atoms with van der Waals surface area (Å²) in [6.07, 6.45) is 6.47. The Kier molecular flexibility index (Phi) is 11.9. The average Bonchev–Trinajstić information content (AvgIpc) is 2.11. The van der Waals surface area contributed by atoms with Gasteiger partial charge in [-0.3, -0.25) is 0 Å². The molecule has 0 aromatic carbocycles. The molecule has 0 spiro atoms. The van der Waals surface area contributed by atoms with Gasteiger partial charge in [0.25, 0.3) is 0 Å². The molecule has 0 aliphatic carbocycles. The molecule has 0 radical (unpaired) electrons. The zero-order valence-corrected chi connectivity index (χ0v) is 12.3. The maximum absolute atomic E-state index is 4.22. The van der Waals surface area contributed by atoms with E-state index in [9.17, 15) is 0 Å². The molecule has 0 heterocycles. The van der Waals surface area contributed by atoms with Gasteiger partial charge in [0.2, 0.25) is 0 Å². The molecule has 0 atom stereocenters. The number of hydrogen-bond acceptors (Lipinski definition) is 1. The number of unbranched alkanes of at least 4 members (excludes halogenated alkanes) is 3. The minimum Gasteiger partial charge on any atom is -1.00 e. The van der Waals surface area contributed by atoms with Crippen LogP contribution in [0.3, 0.4) is 0 Å². The summed E-state index contributed by atoms with van der Waals surface area (Å²) in [7, 11) is 0. The molecule has 0 fully saturated rings. The van der Waals surface area contributed by atoms with Crippen LogP contribution in [0.2, 0.25) is 0 Å². The van der Waals surface area contributed by atoms with Crippen molar-refractivity contribution in [1.29, 1.82) is 0 Å². The van der Waals surface area contributed by atoms with E-state index in [1.54, 1.807) is 0 Å². The molecule has 0 aromatic heterocycles. The van der Waals surface area contributed by atoms with Crippen LogP contribution >= 0.6 is 0 Å². The molecule has 0 saturated carbocycles. The summed E-state index contributed by atoms with van der Waals surface area (Å²) in [5, 5.41) is 0. The summed E-state index contributed by atoms with van der Waals surface area (Å²) in [5.41, 5.74) is 1.32. The van der Waals surface area contributed by atoms with Crippen LogP contribution in [0, 0.1) is 0 Å². The Morgan fingerprint density at radius 3 is 1.94 bits per heavy atom. The van der Waals surface area contributed by atoms with Gasteiger partial charge >= 0.3 is 18.9 Å². The molecule has 0 unspecified atom stereocenters. The summed E-state index contributed by atoms with van der Waals surface area (Å²) >= 11 is 0. The van der Waals surface area contributed by atoms with E-state index in [1.807, 2.05) is 0 Å². The number of allylic oxidation sites excluding steroid dienone is 1. The smallest absolute Gasteiger partial charge is 1.00 e. The van der Waals surface area contributed by atoms with Crippen LogP contribution in [0.25, 0.3) is 0 Å². The minimum absolute atomic E-state index is 0. The second kappa shape index (κ2) is 10.3. The van der Waals surface area contributed by atoms with Crippen LogP contribution < -0.4 is 18.9 Å². The molecular weight excluding hydrogens is 189 g/mol. The van der Waals surface area contributed by atoms with Gasteiger partial charge in [-0.1, -0.05) is 32.8 Å². The van der Waals surface area contributed by atoms with Gasteiger partial charge in [0.15, 0.2) is 0 Å². The molecule has 0 N–H and O–H groups in total. The fraction of sp³-hybridized carbons (Fsp3) is 0.857. The molecule has 0 aromatic rings. The van der Waals surface area contributed by atoms with Crippen LogP contribution in [0.5, 0.6) is 0 Å². The van der Waals surface area contributed by atoms with Crippen LogP contribution in [-0.4, -0.2) is 17.0 Å². The van der Waals surface area contributed by atoms with E-state index in [0.717, 1.165) is 6.42 Å². The van der Waals surface area contributed by atoms with Crippen molar-refractivity contribution in [2.24, 2.45) is 0 Å². The molecule has 0 rings (SSSR count). The Balaban J connectivity index is -0.000000980. The van der Waals surface area contributed by atoms with Crippen molar-refractivity contribution in [1.82, 2.24) is 4.90 Å². The van der Waals surface area contributed by atoms with E-state index in [2.05, 4.69) is 46.1 Å². The van der Waals surface area contributed by atoms with Gasteiger partial charge < -0.3 is 6.33 Å². The van der Waals surface area contributed by atoms with Gasteiger partial charge in [0, 0.05) is 17.8 Å². The fourth-order valence-corrected chi connectivity index (χ4v) is 2.21. The van der Waals surface area contributed by atoms with Gasteiger partial charge in [0.1, 0.15) is 0 Å². The Morgan fingerprint density at radius 2 is 1.56 bits per heavy atom. The van der Waals surface area contributed by atoms with Gasteiger partial charge in [-0.25, -0.2) is 0 Å². The minimum atomic E-state index is 0. The number of nitrogens with zero attached hydrogens (tertiary/aromatic N) is 1. The summed E-state index contributed by atoms with van der Waals surface area (Å²) in [5.74, 6) is 0. The molecule has 1 nitrogen and oxygen atoms in total. The first-order chi connectivity index (χ1) is 7.00. The first kappa shape index (κ1) is 18.5. The van der Waals surface area contributed by atoms with Crippen molar-refractivity contribution in [3.8, 4) is 0 Å². The van der Waals surface area contributed by atoms with E-state index in [-0.39, 0.29) is 20.3 Å². The molecule has 0 aliphatic heterocycles. The topological polar surface area (TPSA) is 3.24 Å². The molecule has 92 valence electrons. The summed E-state index contributed by atoms with van der Waals surface area (Å²) < 4.78 is 0. The van der Waals surface area contributed by atoms with E-state index < -0.39 is 0 Å². The predicted molar refractivity (Wildman–Crippen MR) is 71.1 cm³/mol. The number of rotatable bonds is 8. The Hall–Kier alpha value is 0.137. The fourth-order valence-electron chi connectivity index (χ4n) is 2.21. The average molecular weight is 219 g/mol. The summed E-state index contributed by atoms with van der Waals surface area (Å²) in [4.78, 5) is 2.44. The van der Waals surface area contributed by atoms with Gasteiger partial charge in [-0.05, 0) is 40.5 Å². The van der Waals surface area contributed by atoms with Crippen LogP contribution in [0.15, 0.2) is 12.3 Å². The standard InChI is InChI=1S/C14H29N.Li.H/c1-7-8-9-10-11-14(6)15(12(2)3)13(4)5;;/h12-13H,6-11H2,1-5H3;;/q;+1;-1. The predicted octanol–water partition coefficient (Wildman–Crippen LogP) is 1.71. The molecule has 0 bridgehead atoms. The Bertz CT molecular complexity index is 173. The first-order valence-electron chi connectivity index (χ1n) is 6.46. The largest absolute Gasteiger partial charge is 1.00 e. The monoisotopic (exact) mass is 219 g/mol. The SMILES string of the molecule is C=C(CCCCCC)N(C(C)C)C(C)C.[H-].[Li+]. The van der Waals surface area contributed by atoms with Crippen molar-refractivity contribution in [3.05, 3.63) is 12.3 Å². The van der Waals surface area contributed by atoms with Crippen molar-refractivity contribution >= 4 is 0 Å². The zero-order valence-electron chi connectivity index (χ0n) is 13.3. The van der Waals surface area contributed by atoms with Crippen LogP contribution in [0.1, 0.15) is 68.1 Å². The van der Waals surface area contributed by atoms with Crippen molar-refractivity contribution in [3.63, 3.8) is 0 Å². The van der Waals surface area contributed by atoms with Crippen molar-refractivity contribution in [2.45, 2.75) is 78.8 Å². The molecule has 0 saturated heterocycles. The molecule has 0 amide bonds. The molecule has 2 heteroatoms. The van der Waals surface area contributed by atoms with E-state index in [0.29, 0.717) is 12.1 Å². The summed E-state index contributed by atoms with van der Waals surface area (Å²) in [6, 6.07) is 1.15. The first-order valence-corrected chi connectivity index (χ1v) is 6.46. The van der Waals surface area contributed by atoms with E-state index >= 15 is 0 Å². The maximum Gasteiger partial charge on any atom is 1.00 e. The third-order valence-corrected chi connectivity index (χ3v) is 2.80. The number of hydrogen-bond donors (Lipinski definition) is 0. The quantitative estimate of drug-likeness (QED) is 0.444. The van der Waals surface area contributed by atoms with Gasteiger partial charge in [-0.15, -0.1) is 0 Å². The third kappa shape index (κ3) is 7.42.